The zero-order valence-corrected chi connectivity index (χ0v) is 10.4. The number of hydrogen-bond donors (Lipinski definition) is 2. The molecule has 92 valence electrons. The second kappa shape index (κ2) is 4.66. The number of benzene rings is 1. The zero-order valence-electron chi connectivity index (χ0n) is 9.64. The number of hydrogen-bond acceptors (Lipinski definition) is 3. The molecule has 0 aliphatic carbocycles. The first-order valence-corrected chi connectivity index (χ1v) is 5.62. The molecule has 1 aromatic heterocycles. The van der Waals surface area contributed by atoms with Gasteiger partial charge in [0.15, 0.2) is 0 Å². The average Bonchev–Trinajstić information content (AvgIpc) is 2.32. The van der Waals surface area contributed by atoms with Crippen LogP contribution in [0.2, 0.25) is 5.02 Å². The van der Waals surface area contributed by atoms with Crippen molar-refractivity contribution in [1.29, 1.82) is 0 Å². The minimum atomic E-state index is -0.954. The number of nitrogen functional groups attached to an aromatic ring is 1. The van der Waals surface area contributed by atoms with Gasteiger partial charge in [0, 0.05) is 11.8 Å². The highest BCUT2D eigenvalue weighted by molar-refractivity contribution is 6.33. The number of aromatic carboxylic acids is 1. The maximum Gasteiger partial charge on any atom is 0.335 e. The van der Waals surface area contributed by atoms with E-state index >= 15 is 0 Å². The van der Waals surface area contributed by atoms with Crippen molar-refractivity contribution in [2.75, 3.05) is 5.73 Å². The van der Waals surface area contributed by atoms with Crippen molar-refractivity contribution in [3.05, 3.63) is 46.6 Å². The number of halogens is 1. The quantitative estimate of drug-likeness (QED) is 0.872. The normalized spacial score (nSPS) is 10.3. The summed E-state index contributed by atoms with van der Waals surface area (Å²) in [5, 5.41) is 9.40. The van der Waals surface area contributed by atoms with Gasteiger partial charge in [-0.05, 0) is 36.2 Å². The third-order valence-electron chi connectivity index (χ3n) is 2.64. The fraction of sp³-hybridized carbons (Fsp3) is 0.0769. The Morgan fingerprint density at radius 2 is 2.06 bits per heavy atom. The second-order valence-corrected chi connectivity index (χ2v) is 4.33. The molecule has 0 bridgehead atoms. The van der Waals surface area contributed by atoms with Gasteiger partial charge < -0.3 is 10.8 Å². The summed E-state index contributed by atoms with van der Waals surface area (Å²) in [6.45, 7) is 1.83. The monoisotopic (exact) mass is 262 g/mol. The number of rotatable bonds is 2. The fourth-order valence-corrected chi connectivity index (χ4v) is 1.97. The van der Waals surface area contributed by atoms with E-state index in [0.29, 0.717) is 10.8 Å². The van der Waals surface area contributed by atoms with Crippen LogP contribution < -0.4 is 5.73 Å². The summed E-state index contributed by atoms with van der Waals surface area (Å²) in [5.74, 6) is -0.582. The Balaban J connectivity index is 2.58. The molecule has 0 fully saturated rings. The van der Waals surface area contributed by atoms with Crippen LogP contribution >= 0.6 is 11.6 Å². The van der Waals surface area contributed by atoms with Crippen molar-refractivity contribution in [1.82, 2.24) is 4.98 Å². The highest BCUT2D eigenvalue weighted by Crippen LogP contribution is 2.31. The number of carboxylic acid groups (broad SMARTS) is 1. The topological polar surface area (TPSA) is 76.2 Å². The molecule has 0 amide bonds. The molecule has 2 aromatic rings. The van der Waals surface area contributed by atoms with Crippen molar-refractivity contribution < 1.29 is 9.90 Å². The number of nitrogens with zero attached hydrogens (tertiary/aromatic N) is 1. The van der Waals surface area contributed by atoms with Crippen molar-refractivity contribution in [3.63, 3.8) is 0 Å². The number of anilines is 1. The van der Waals surface area contributed by atoms with E-state index in [-0.39, 0.29) is 5.56 Å². The Morgan fingerprint density at radius 1 is 1.33 bits per heavy atom. The van der Waals surface area contributed by atoms with Crippen LogP contribution in [-0.4, -0.2) is 16.1 Å². The minimum Gasteiger partial charge on any atom is -0.478 e. The summed E-state index contributed by atoms with van der Waals surface area (Å²) in [4.78, 5) is 14.8. The number of aryl methyl sites for hydroxylation is 1. The van der Waals surface area contributed by atoms with Crippen molar-refractivity contribution >= 4 is 23.4 Å². The van der Waals surface area contributed by atoms with Gasteiger partial charge in [-0.25, -0.2) is 9.78 Å². The average molecular weight is 263 g/mol. The smallest absolute Gasteiger partial charge is 0.335 e. The Kier molecular flexibility index (Phi) is 3.21. The minimum absolute atomic E-state index is 0.245. The van der Waals surface area contributed by atoms with E-state index in [2.05, 4.69) is 4.98 Å². The van der Waals surface area contributed by atoms with Crippen LogP contribution in [0.3, 0.4) is 0 Å². The highest BCUT2D eigenvalue weighted by atomic mass is 35.5. The molecule has 5 heteroatoms. The highest BCUT2D eigenvalue weighted by Gasteiger charge is 2.10. The van der Waals surface area contributed by atoms with Gasteiger partial charge in [0.25, 0.3) is 0 Å². The third-order valence-corrected chi connectivity index (χ3v) is 2.94. The number of nitrogens with two attached hydrogens (primary N) is 1. The Hall–Kier alpha value is -2.07. The van der Waals surface area contributed by atoms with E-state index in [0.717, 1.165) is 16.7 Å². The summed E-state index contributed by atoms with van der Waals surface area (Å²) in [7, 11) is 0. The van der Waals surface area contributed by atoms with E-state index in [9.17, 15) is 4.79 Å². The standard InChI is InChI=1S/C13H11ClN2O2/c1-7-4-8(13(17)18)2-3-9(7)10-5-12(15)16-6-11(10)14/h2-6H,1H3,(H2,15,16)(H,17,18). The maximum absolute atomic E-state index is 10.9. The molecule has 18 heavy (non-hydrogen) atoms. The first-order chi connectivity index (χ1) is 8.49. The number of aromatic nitrogens is 1. The number of carboxylic acids is 1. The Morgan fingerprint density at radius 3 is 2.67 bits per heavy atom. The molecule has 0 spiro atoms. The van der Waals surface area contributed by atoms with E-state index in [1.165, 1.54) is 12.3 Å². The van der Waals surface area contributed by atoms with Crippen LogP contribution in [0.25, 0.3) is 11.1 Å². The molecular formula is C13H11ClN2O2. The Labute approximate surface area is 109 Å². The summed E-state index contributed by atoms with van der Waals surface area (Å²) >= 11 is 6.07. The predicted molar refractivity (Wildman–Crippen MR) is 70.8 cm³/mol. The molecule has 3 N–H and O–H groups in total. The summed E-state index contributed by atoms with van der Waals surface area (Å²) in [6.07, 6.45) is 1.48. The molecule has 2 rings (SSSR count). The molecule has 0 aliphatic rings. The summed E-state index contributed by atoms with van der Waals surface area (Å²) in [5.41, 5.74) is 8.29. The van der Waals surface area contributed by atoms with Crippen LogP contribution in [-0.2, 0) is 0 Å². The van der Waals surface area contributed by atoms with Gasteiger partial charge in [-0.1, -0.05) is 17.7 Å². The van der Waals surface area contributed by atoms with Crippen molar-refractivity contribution in [2.45, 2.75) is 6.92 Å². The van der Waals surface area contributed by atoms with Crippen molar-refractivity contribution in [2.24, 2.45) is 0 Å². The zero-order chi connectivity index (χ0) is 13.3. The molecular weight excluding hydrogens is 252 g/mol. The molecule has 1 aromatic carbocycles. The molecule has 4 nitrogen and oxygen atoms in total. The first kappa shape index (κ1) is 12.4. The number of carbonyl (C=O) groups is 1. The van der Waals surface area contributed by atoms with Gasteiger partial charge in [-0.2, -0.15) is 0 Å². The lowest BCUT2D eigenvalue weighted by molar-refractivity contribution is 0.0697. The van der Waals surface area contributed by atoms with Gasteiger partial charge >= 0.3 is 5.97 Å². The molecule has 0 saturated carbocycles. The van der Waals surface area contributed by atoms with E-state index in [4.69, 9.17) is 22.4 Å². The van der Waals surface area contributed by atoms with Crippen LogP contribution in [0.15, 0.2) is 30.5 Å². The lowest BCUT2D eigenvalue weighted by Gasteiger charge is -2.09. The van der Waals surface area contributed by atoms with Crippen molar-refractivity contribution in [3.8, 4) is 11.1 Å². The van der Waals surface area contributed by atoms with Gasteiger partial charge in [0.1, 0.15) is 5.82 Å². The predicted octanol–water partition coefficient (Wildman–Crippen LogP) is 2.99. The number of pyridine rings is 1. The lowest BCUT2D eigenvalue weighted by Crippen LogP contribution is -1.98. The van der Waals surface area contributed by atoms with Gasteiger partial charge in [-0.3, -0.25) is 0 Å². The molecule has 0 unspecified atom stereocenters. The largest absolute Gasteiger partial charge is 0.478 e. The first-order valence-electron chi connectivity index (χ1n) is 5.24. The van der Waals surface area contributed by atoms with E-state index in [1.807, 2.05) is 6.92 Å². The van der Waals surface area contributed by atoms with E-state index in [1.54, 1.807) is 18.2 Å². The fourth-order valence-electron chi connectivity index (χ4n) is 1.76. The van der Waals surface area contributed by atoms with Gasteiger partial charge in [0.2, 0.25) is 0 Å². The lowest BCUT2D eigenvalue weighted by atomic mass is 9.99. The second-order valence-electron chi connectivity index (χ2n) is 3.92. The molecule has 1 heterocycles. The third kappa shape index (κ3) is 2.28. The SMILES string of the molecule is Cc1cc(C(=O)O)ccc1-c1cc(N)ncc1Cl. The van der Waals surface area contributed by atoms with Crippen LogP contribution in [0.4, 0.5) is 5.82 Å². The summed E-state index contributed by atoms with van der Waals surface area (Å²) < 4.78 is 0. The van der Waals surface area contributed by atoms with Gasteiger partial charge in [-0.15, -0.1) is 0 Å². The molecule has 0 aliphatic heterocycles. The summed E-state index contributed by atoms with van der Waals surface area (Å²) in [6, 6.07) is 6.53. The van der Waals surface area contributed by atoms with Crippen LogP contribution in [0.5, 0.6) is 0 Å². The molecule has 0 radical (unpaired) electrons. The maximum atomic E-state index is 10.9. The molecule has 0 atom stereocenters. The van der Waals surface area contributed by atoms with E-state index < -0.39 is 5.97 Å². The Bertz CT molecular complexity index is 626. The van der Waals surface area contributed by atoms with Crippen LogP contribution in [0.1, 0.15) is 15.9 Å². The van der Waals surface area contributed by atoms with Gasteiger partial charge in [0.05, 0.1) is 10.6 Å². The van der Waals surface area contributed by atoms with Crippen LogP contribution in [0, 0.1) is 6.92 Å². The molecule has 0 saturated heterocycles.